The van der Waals surface area contributed by atoms with Gasteiger partial charge in [0.05, 0.1) is 17.5 Å². The highest BCUT2D eigenvalue weighted by Gasteiger charge is 2.06. The van der Waals surface area contributed by atoms with Crippen molar-refractivity contribution in [1.82, 2.24) is 0 Å². The summed E-state index contributed by atoms with van der Waals surface area (Å²) in [6.07, 6.45) is 4.28. The third kappa shape index (κ3) is 5.83. The topological polar surface area (TPSA) is 67.5 Å². The number of benzene rings is 1. The lowest BCUT2D eigenvalue weighted by Gasteiger charge is -2.15. The van der Waals surface area contributed by atoms with Gasteiger partial charge >= 0.3 is 0 Å². The average molecular weight is 266 g/mol. The molecule has 0 aliphatic rings. The number of hydrogen-bond acceptors (Lipinski definition) is 4. The Balaban J connectivity index is 2.41. The highest BCUT2D eigenvalue weighted by molar-refractivity contribution is 5.72. The molecule has 0 amide bonds. The molecule has 0 saturated carbocycles. The number of para-hydroxylation sites is 1. The summed E-state index contributed by atoms with van der Waals surface area (Å²) in [6, 6.07) is 5.81. The number of nitrogens with two attached hydrogens (primary N) is 1. The van der Waals surface area contributed by atoms with E-state index in [2.05, 4.69) is 5.32 Å². The molecule has 0 radical (unpaired) electrons. The average Bonchev–Trinajstić information content (AvgIpc) is 2.37. The Morgan fingerprint density at radius 1 is 1.21 bits per heavy atom. The minimum Gasteiger partial charge on any atom is -0.489 e. The molecule has 1 aromatic rings. The van der Waals surface area contributed by atoms with Gasteiger partial charge in [0.2, 0.25) is 0 Å². The Morgan fingerprint density at radius 2 is 1.95 bits per heavy atom. The second-order valence-corrected chi connectivity index (χ2v) is 4.95. The van der Waals surface area contributed by atoms with Crippen molar-refractivity contribution in [2.45, 2.75) is 45.6 Å². The van der Waals surface area contributed by atoms with Crippen molar-refractivity contribution in [3.05, 3.63) is 18.2 Å². The molecule has 4 N–H and O–H groups in total. The quantitative estimate of drug-likeness (QED) is 0.475. The molecule has 4 heteroatoms. The Labute approximate surface area is 116 Å². The second-order valence-electron chi connectivity index (χ2n) is 4.95. The zero-order valence-electron chi connectivity index (χ0n) is 12.0. The van der Waals surface area contributed by atoms with Gasteiger partial charge in [0, 0.05) is 13.2 Å². The van der Waals surface area contributed by atoms with Gasteiger partial charge in [0.15, 0.2) is 0 Å². The van der Waals surface area contributed by atoms with Gasteiger partial charge in [-0.05, 0) is 38.8 Å². The van der Waals surface area contributed by atoms with E-state index in [0.717, 1.165) is 43.7 Å². The Kier molecular flexibility index (Phi) is 7.11. The molecule has 0 aliphatic heterocycles. The zero-order chi connectivity index (χ0) is 14.1. The molecule has 108 valence electrons. The summed E-state index contributed by atoms with van der Waals surface area (Å²) in [5.74, 6) is 0.736. The van der Waals surface area contributed by atoms with Crippen LogP contribution in [0.2, 0.25) is 0 Å². The number of aliphatic hydroxyl groups excluding tert-OH is 1. The predicted octanol–water partition coefficient (Wildman–Crippen LogP) is 3.02. The molecule has 1 aromatic carbocycles. The molecule has 0 aliphatic carbocycles. The first kappa shape index (κ1) is 15.6. The highest BCUT2D eigenvalue weighted by Crippen LogP contribution is 2.30. The number of nitrogen functional groups attached to an aromatic ring is 1. The lowest BCUT2D eigenvalue weighted by Crippen LogP contribution is -2.10. The number of ether oxygens (including phenoxy) is 1. The molecule has 0 atom stereocenters. The Morgan fingerprint density at radius 3 is 2.63 bits per heavy atom. The van der Waals surface area contributed by atoms with Crippen molar-refractivity contribution < 1.29 is 9.84 Å². The fourth-order valence-corrected chi connectivity index (χ4v) is 1.87. The summed E-state index contributed by atoms with van der Waals surface area (Å²) >= 11 is 0. The summed E-state index contributed by atoms with van der Waals surface area (Å²) in [7, 11) is 0. The molecule has 4 nitrogen and oxygen atoms in total. The smallest absolute Gasteiger partial charge is 0.144 e. The van der Waals surface area contributed by atoms with Crippen molar-refractivity contribution in [3.8, 4) is 5.75 Å². The fraction of sp³-hybridized carbons (Fsp3) is 0.600. The monoisotopic (exact) mass is 266 g/mol. The molecule has 0 aromatic heterocycles. The van der Waals surface area contributed by atoms with E-state index < -0.39 is 0 Å². The summed E-state index contributed by atoms with van der Waals surface area (Å²) in [6.45, 7) is 5.15. The molecule has 0 spiro atoms. The summed E-state index contributed by atoms with van der Waals surface area (Å²) in [5, 5.41) is 12.0. The van der Waals surface area contributed by atoms with Crippen LogP contribution in [0.4, 0.5) is 11.4 Å². The van der Waals surface area contributed by atoms with Crippen LogP contribution in [-0.4, -0.2) is 24.4 Å². The van der Waals surface area contributed by atoms with Crippen LogP contribution in [0.3, 0.4) is 0 Å². The maximum atomic E-state index is 8.69. The molecule has 0 unspecified atom stereocenters. The van der Waals surface area contributed by atoms with E-state index in [1.165, 1.54) is 0 Å². The van der Waals surface area contributed by atoms with Crippen LogP contribution < -0.4 is 15.8 Å². The minimum atomic E-state index is 0.121. The van der Waals surface area contributed by atoms with Crippen LogP contribution in [0.15, 0.2) is 18.2 Å². The van der Waals surface area contributed by atoms with E-state index >= 15 is 0 Å². The van der Waals surface area contributed by atoms with Crippen molar-refractivity contribution in [2.75, 3.05) is 24.2 Å². The lowest BCUT2D eigenvalue weighted by molar-refractivity contribution is 0.244. The molecule has 0 heterocycles. The summed E-state index contributed by atoms with van der Waals surface area (Å²) in [4.78, 5) is 0. The van der Waals surface area contributed by atoms with Gasteiger partial charge in [0.1, 0.15) is 5.75 Å². The maximum absolute atomic E-state index is 8.69. The number of rotatable bonds is 9. The standard InChI is InChI=1S/C15H26N2O2/c1-12(2)19-14-9-7-8-13(15(14)16)17-10-5-3-4-6-11-18/h7-9,12,17-18H,3-6,10-11,16H2,1-2H3. The number of anilines is 2. The molecule has 19 heavy (non-hydrogen) atoms. The van der Waals surface area contributed by atoms with Gasteiger partial charge in [-0.2, -0.15) is 0 Å². The van der Waals surface area contributed by atoms with Crippen molar-refractivity contribution in [2.24, 2.45) is 0 Å². The van der Waals surface area contributed by atoms with Gasteiger partial charge in [-0.15, -0.1) is 0 Å². The third-order valence-electron chi connectivity index (χ3n) is 2.83. The zero-order valence-corrected chi connectivity index (χ0v) is 12.0. The maximum Gasteiger partial charge on any atom is 0.144 e. The predicted molar refractivity (Wildman–Crippen MR) is 80.7 cm³/mol. The highest BCUT2D eigenvalue weighted by atomic mass is 16.5. The van der Waals surface area contributed by atoms with E-state index in [9.17, 15) is 0 Å². The normalized spacial score (nSPS) is 10.7. The van der Waals surface area contributed by atoms with Gasteiger partial charge in [-0.1, -0.05) is 18.9 Å². The van der Waals surface area contributed by atoms with Gasteiger partial charge in [0.25, 0.3) is 0 Å². The van der Waals surface area contributed by atoms with Crippen LogP contribution in [0.1, 0.15) is 39.5 Å². The van der Waals surface area contributed by atoms with Crippen molar-refractivity contribution >= 4 is 11.4 Å². The first-order valence-electron chi connectivity index (χ1n) is 7.05. The first-order chi connectivity index (χ1) is 9.15. The summed E-state index contributed by atoms with van der Waals surface area (Å²) < 4.78 is 5.65. The van der Waals surface area contributed by atoms with Crippen LogP contribution in [0, 0.1) is 0 Å². The molecular formula is C15H26N2O2. The van der Waals surface area contributed by atoms with Crippen LogP contribution in [0.5, 0.6) is 5.75 Å². The first-order valence-corrected chi connectivity index (χ1v) is 7.05. The molecule has 0 saturated heterocycles. The number of nitrogens with one attached hydrogen (secondary N) is 1. The minimum absolute atomic E-state index is 0.121. The molecule has 0 bridgehead atoms. The number of unbranched alkanes of at least 4 members (excludes halogenated alkanes) is 3. The SMILES string of the molecule is CC(C)Oc1cccc(NCCCCCCO)c1N. The molecule has 1 rings (SSSR count). The van der Waals surface area contributed by atoms with Crippen LogP contribution in [-0.2, 0) is 0 Å². The molecule has 0 fully saturated rings. The number of aliphatic hydroxyl groups is 1. The second kappa shape index (κ2) is 8.64. The Hall–Kier alpha value is -1.42. The summed E-state index contributed by atoms with van der Waals surface area (Å²) in [5.41, 5.74) is 7.68. The van der Waals surface area contributed by atoms with Gasteiger partial charge < -0.3 is 20.9 Å². The van der Waals surface area contributed by atoms with E-state index in [0.29, 0.717) is 5.69 Å². The van der Waals surface area contributed by atoms with E-state index in [1.54, 1.807) is 0 Å². The van der Waals surface area contributed by atoms with E-state index in [-0.39, 0.29) is 12.7 Å². The Bertz CT molecular complexity index is 367. The number of hydrogen-bond donors (Lipinski definition) is 3. The largest absolute Gasteiger partial charge is 0.489 e. The van der Waals surface area contributed by atoms with E-state index in [1.807, 2.05) is 32.0 Å². The fourth-order valence-electron chi connectivity index (χ4n) is 1.87. The van der Waals surface area contributed by atoms with Crippen LogP contribution >= 0.6 is 0 Å². The molecular weight excluding hydrogens is 240 g/mol. The van der Waals surface area contributed by atoms with E-state index in [4.69, 9.17) is 15.6 Å². The lowest BCUT2D eigenvalue weighted by atomic mass is 10.2. The van der Waals surface area contributed by atoms with Gasteiger partial charge in [-0.3, -0.25) is 0 Å². The van der Waals surface area contributed by atoms with Crippen molar-refractivity contribution in [3.63, 3.8) is 0 Å². The third-order valence-corrected chi connectivity index (χ3v) is 2.83. The van der Waals surface area contributed by atoms with Gasteiger partial charge in [-0.25, -0.2) is 0 Å². The van der Waals surface area contributed by atoms with Crippen molar-refractivity contribution in [1.29, 1.82) is 0 Å². The van der Waals surface area contributed by atoms with Crippen LogP contribution in [0.25, 0.3) is 0 Å².